The molecule has 0 atom stereocenters. The standard InChI is InChI=1S/C17H14N6/c1-11-3-2-4-12(9-11)15-22-16-14(19-10-20-16)17(23-15)21-13-5-7-18-8-6-13/h2-10H,1H3,(H2,18,19,20,21,22,23). The van der Waals surface area contributed by atoms with E-state index < -0.39 is 0 Å². The fourth-order valence-electron chi connectivity index (χ4n) is 2.41. The number of aromatic amines is 1. The third-order valence-electron chi connectivity index (χ3n) is 3.50. The number of aromatic nitrogens is 5. The highest BCUT2D eigenvalue weighted by molar-refractivity contribution is 5.86. The van der Waals surface area contributed by atoms with E-state index in [0.29, 0.717) is 17.3 Å². The number of hydrogen-bond acceptors (Lipinski definition) is 5. The van der Waals surface area contributed by atoms with Crippen LogP contribution in [0.3, 0.4) is 0 Å². The van der Waals surface area contributed by atoms with Crippen LogP contribution in [0, 0.1) is 6.92 Å². The van der Waals surface area contributed by atoms with E-state index in [0.717, 1.165) is 22.3 Å². The normalized spacial score (nSPS) is 10.8. The number of rotatable bonds is 3. The Labute approximate surface area is 132 Å². The molecule has 23 heavy (non-hydrogen) atoms. The average Bonchev–Trinajstić information content (AvgIpc) is 3.05. The highest BCUT2D eigenvalue weighted by Crippen LogP contribution is 2.25. The van der Waals surface area contributed by atoms with Crippen LogP contribution in [0.4, 0.5) is 11.5 Å². The Kier molecular flexibility index (Phi) is 3.20. The highest BCUT2D eigenvalue weighted by atomic mass is 15.1. The smallest absolute Gasteiger partial charge is 0.183 e. The van der Waals surface area contributed by atoms with Gasteiger partial charge >= 0.3 is 0 Å². The molecule has 0 saturated carbocycles. The number of H-pyrrole nitrogens is 1. The minimum absolute atomic E-state index is 0.632. The lowest BCUT2D eigenvalue weighted by atomic mass is 10.1. The summed E-state index contributed by atoms with van der Waals surface area (Å²) in [4.78, 5) is 20.6. The first-order chi connectivity index (χ1) is 11.3. The van der Waals surface area contributed by atoms with Crippen molar-refractivity contribution >= 4 is 22.7 Å². The second-order valence-electron chi connectivity index (χ2n) is 5.23. The molecule has 6 heteroatoms. The van der Waals surface area contributed by atoms with E-state index in [1.165, 1.54) is 0 Å². The number of nitrogens with zero attached hydrogens (tertiary/aromatic N) is 4. The zero-order chi connectivity index (χ0) is 15.6. The fraction of sp³-hybridized carbons (Fsp3) is 0.0588. The summed E-state index contributed by atoms with van der Waals surface area (Å²) in [7, 11) is 0. The van der Waals surface area contributed by atoms with Crippen molar-refractivity contribution in [2.75, 3.05) is 5.32 Å². The Bertz CT molecular complexity index is 961. The second-order valence-corrected chi connectivity index (χ2v) is 5.23. The van der Waals surface area contributed by atoms with Gasteiger partial charge in [-0.25, -0.2) is 15.0 Å². The molecule has 3 aromatic heterocycles. The van der Waals surface area contributed by atoms with E-state index in [1.54, 1.807) is 18.7 Å². The summed E-state index contributed by atoms with van der Waals surface area (Å²) < 4.78 is 0. The third-order valence-corrected chi connectivity index (χ3v) is 3.50. The molecule has 2 N–H and O–H groups in total. The molecule has 0 fully saturated rings. The van der Waals surface area contributed by atoms with Gasteiger partial charge in [-0.3, -0.25) is 4.98 Å². The summed E-state index contributed by atoms with van der Waals surface area (Å²) in [5.41, 5.74) is 4.45. The van der Waals surface area contributed by atoms with Crippen LogP contribution in [0.2, 0.25) is 0 Å². The number of anilines is 2. The number of aryl methyl sites for hydroxylation is 1. The number of pyridine rings is 1. The van der Waals surface area contributed by atoms with Gasteiger partial charge in [0.25, 0.3) is 0 Å². The molecule has 0 spiro atoms. The van der Waals surface area contributed by atoms with Crippen molar-refractivity contribution in [3.05, 3.63) is 60.7 Å². The van der Waals surface area contributed by atoms with Gasteiger partial charge in [0, 0.05) is 23.6 Å². The van der Waals surface area contributed by atoms with Gasteiger partial charge in [-0.2, -0.15) is 0 Å². The van der Waals surface area contributed by atoms with Crippen LogP contribution in [-0.2, 0) is 0 Å². The molecule has 0 amide bonds. The molecular weight excluding hydrogens is 288 g/mol. The van der Waals surface area contributed by atoms with Crippen molar-refractivity contribution in [3.63, 3.8) is 0 Å². The number of nitrogens with one attached hydrogen (secondary N) is 2. The van der Waals surface area contributed by atoms with Crippen molar-refractivity contribution in [2.45, 2.75) is 6.92 Å². The van der Waals surface area contributed by atoms with Crippen LogP contribution in [0.15, 0.2) is 55.1 Å². The summed E-state index contributed by atoms with van der Waals surface area (Å²) in [6.45, 7) is 2.05. The molecule has 3 heterocycles. The summed E-state index contributed by atoms with van der Waals surface area (Å²) in [5.74, 6) is 1.33. The maximum Gasteiger partial charge on any atom is 0.183 e. The molecule has 0 aliphatic rings. The SMILES string of the molecule is Cc1cccc(-c2nc(Nc3ccncc3)c3[nH]cnc3n2)c1. The summed E-state index contributed by atoms with van der Waals surface area (Å²) in [6.07, 6.45) is 5.08. The van der Waals surface area contributed by atoms with Gasteiger partial charge in [-0.15, -0.1) is 0 Å². The van der Waals surface area contributed by atoms with E-state index in [9.17, 15) is 0 Å². The maximum absolute atomic E-state index is 4.67. The Hall–Kier alpha value is -3.28. The molecule has 6 nitrogen and oxygen atoms in total. The van der Waals surface area contributed by atoms with E-state index in [-0.39, 0.29) is 0 Å². The largest absolute Gasteiger partial charge is 0.340 e. The van der Waals surface area contributed by atoms with Gasteiger partial charge in [0.1, 0.15) is 5.52 Å². The molecule has 0 bridgehead atoms. The number of benzene rings is 1. The Morgan fingerprint density at radius 1 is 1.04 bits per heavy atom. The Morgan fingerprint density at radius 2 is 1.91 bits per heavy atom. The van der Waals surface area contributed by atoms with Crippen LogP contribution in [0.25, 0.3) is 22.6 Å². The van der Waals surface area contributed by atoms with Crippen molar-refractivity contribution in [1.82, 2.24) is 24.9 Å². The number of fused-ring (bicyclic) bond motifs is 1. The molecule has 1 aromatic carbocycles. The van der Waals surface area contributed by atoms with Gasteiger partial charge in [-0.05, 0) is 25.1 Å². The molecule has 4 aromatic rings. The van der Waals surface area contributed by atoms with E-state index in [2.05, 4.69) is 36.3 Å². The van der Waals surface area contributed by atoms with Crippen LogP contribution in [0.5, 0.6) is 0 Å². The van der Waals surface area contributed by atoms with Gasteiger partial charge in [0.2, 0.25) is 0 Å². The second kappa shape index (κ2) is 5.49. The molecular formula is C17H14N6. The molecule has 0 aliphatic carbocycles. The molecule has 0 aliphatic heterocycles. The summed E-state index contributed by atoms with van der Waals surface area (Å²) in [6, 6.07) is 11.9. The quantitative estimate of drug-likeness (QED) is 0.606. The van der Waals surface area contributed by atoms with Gasteiger partial charge < -0.3 is 10.3 Å². The molecule has 0 saturated heterocycles. The summed E-state index contributed by atoms with van der Waals surface area (Å²) >= 11 is 0. The van der Waals surface area contributed by atoms with Crippen LogP contribution >= 0.6 is 0 Å². The van der Waals surface area contributed by atoms with Gasteiger partial charge in [0.15, 0.2) is 17.3 Å². The first-order valence-corrected chi connectivity index (χ1v) is 7.25. The summed E-state index contributed by atoms with van der Waals surface area (Å²) in [5, 5.41) is 3.30. The monoisotopic (exact) mass is 302 g/mol. The first kappa shape index (κ1) is 13.4. The van der Waals surface area contributed by atoms with Gasteiger partial charge in [-0.1, -0.05) is 23.8 Å². The highest BCUT2D eigenvalue weighted by Gasteiger charge is 2.11. The van der Waals surface area contributed by atoms with E-state index in [4.69, 9.17) is 0 Å². The fourth-order valence-corrected chi connectivity index (χ4v) is 2.41. The lowest BCUT2D eigenvalue weighted by Gasteiger charge is -2.08. The lowest BCUT2D eigenvalue weighted by Crippen LogP contribution is -1.99. The predicted octanol–water partition coefficient (Wildman–Crippen LogP) is 3.47. The zero-order valence-electron chi connectivity index (χ0n) is 12.5. The minimum atomic E-state index is 0.632. The number of imidazole rings is 1. The van der Waals surface area contributed by atoms with E-state index in [1.807, 2.05) is 37.3 Å². The lowest BCUT2D eigenvalue weighted by molar-refractivity contribution is 1.20. The maximum atomic E-state index is 4.67. The van der Waals surface area contributed by atoms with Crippen molar-refractivity contribution in [1.29, 1.82) is 0 Å². The molecule has 0 radical (unpaired) electrons. The zero-order valence-corrected chi connectivity index (χ0v) is 12.5. The number of hydrogen-bond donors (Lipinski definition) is 2. The predicted molar refractivity (Wildman–Crippen MR) is 89.4 cm³/mol. The van der Waals surface area contributed by atoms with E-state index >= 15 is 0 Å². The van der Waals surface area contributed by atoms with Crippen molar-refractivity contribution in [2.24, 2.45) is 0 Å². The Balaban J connectivity index is 1.84. The van der Waals surface area contributed by atoms with Crippen LogP contribution < -0.4 is 5.32 Å². The molecule has 0 unspecified atom stereocenters. The molecule has 112 valence electrons. The first-order valence-electron chi connectivity index (χ1n) is 7.25. The van der Waals surface area contributed by atoms with Crippen LogP contribution in [0.1, 0.15) is 5.56 Å². The van der Waals surface area contributed by atoms with Crippen LogP contribution in [-0.4, -0.2) is 24.9 Å². The van der Waals surface area contributed by atoms with Crippen molar-refractivity contribution in [3.8, 4) is 11.4 Å². The Morgan fingerprint density at radius 3 is 2.74 bits per heavy atom. The van der Waals surface area contributed by atoms with Gasteiger partial charge in [0.05, 0.1) is 6.33 Å². The topological polar surface area (TPSA) is 79.4 Å². The molecule has 4 rings (SSSR count). The van der Waals surface area contributed by atoms with Crippen molar-refractivity contribution < 1.29 is 0 Å². The average molecular weight is 302 g/mol. The third kappa shape index (κ3) is 2.62. The minimum Gasteiger partial charge on any atom is -0.340 e.